The fourth-order valence-corrected chi connectivity index (χ4v) is 3.68. The lowest BCUT2D eigenvalue weighted by Gasteiger charge is -2.23. The van der Waals surface area contributed by atoms with Crippen molar-refractivity contribution >= 4 is 35.2 Å². The fraction of sp³-hybridized carbons (Fsp3) is 0.579. The Morgan fingerprint density at radius 2 is 1.93 bits per heavy atom. The van der Waals surface area contributed by atoms with Gasteiger partial charge in [0.15, 0.2) is 5.82 Å². The van der Waals surface area contributed by atoms with Gasteiger partial charge in [0, 0.05) is 18.9 Å². The van der Waals surface area contributed by atoms with Gasteiger partial charge in [-0.25, -0.2) is 19.7 Å². The van der Waals surface area contributed by atoms with Gasteiger partial charge >= 0.3 is 6.03 Å². The molecule has 148 valence electrons. The predicted molar refractivity (Wildman–Crippen MR) is 113 cm³/mol. The highest BCUT2D eigenvalue weighted by molar-refractivity contribution is 7.98. The van der Waals surface area contributed by atoms with Crippen molar-refractivity contribution in [1.29, 1.82) is 0 Å². The Bertz CT molecular complexity index is 695. The molecular formula is C19H28ClN5OS. The van der Waals surface area contributed by atoms with Crippen molar-refractivity contribution in [2.45, 2.75) is 51.9 Å². The van der Waals surface area contributed by atoms with E-state index in [-0.39, 0.29) is 6.03 Å². The molecule has 2 rings (SSSR count). The van der Waals surface area contributed by atoms with E-state index in [0.717, 1.165) is 18.5 Å². The summed E-state index contributed by atoms with van der Waals surface area (Å²) in [7, 11) is 0. The third-order valence-corrected chi connectivity index (χ3v) is 5.45. The van der Waals surface area contributed by atoms with Crippen LogP contribution in [0.15, 0.2) is 25.0 Å². The van der Waals surface area contributed by atoms with Crippen molar-refractivity contribution in [3.8, 4) is 0 Å². The van der Waals surface area contributed by atoms with Crippen LogP contribution in [0.25, 0.3) is 0 Å². The lowest BCUT2D eigenvalue weighted by Crippen LogP contribution is -2.36. The Hall–Kier alpha value is -1.60. The number of carbonyl (C=O) groups is 1. The Morgan fingerprint density at radius 3 is 2.59 bits per heavy atom. The smallest absolute Gasteiger partial charge is 0.276 e. The number of hydrogen-bond acceptors (Lipinski definition) is 5. The maximum Gasteiger partial charge on any atom is 0.335 e. The van der Waals surface area contributed by atoms with E-state index >= 15 is 0 Å². The second-order valence-electron chi connectivity index (χ2n) is 6.33. The first kappa shape index (κ1) is 21.7. The number of aryl methyl sites for hydroxylation is 1. The van der Waals surface area contributed by atoms with Crippen molar-refractivity contribution < 1.29 is 4.79 Å². The summed E-state index contributed by atoms with van der Waals surface area (Å²) in [6.45, 7) is 2.55. The van der Waals surface area contributed by atoms with Crippen molar-refractivity contribution in [3.05, 3.63) is 35.8 Å². The number of imidazole rings is 1. The number of hydrogen-bond donors (Lipinski definition) is 0. The molecule has 2 aromatic heterocycles. The number of amides is 1. The highest BCUT2D eigenvalue weighted by atomic mass is 35.5. The molecule has 0 aliphatic rings. The van der Waals surface area contributed by atoms with Crippen molar-refractivity contribution in [3.63, 3.8) is 0 Å². The quantitative estimate of drug-likeness (QED) is 0.485. The summed E-state index contributed by atoms with van der Waals surface area (Å²) in [6.07, 6.45) is 16.0. The maximum atomic E-state index is 12.9. The summed E-state index contributed by atoms with van der Waals surface area (Å²) in [5.41, 5.74) is 0.749. The second kappa shape index (κ2) is 12.0. The van der Waals surface area contributed by atoms with E-state index in [9.17, 15) is 4.79 Å². The molecule has 0 bridgehead atoms. The molecule has 8 heteroatoms. The van der Waals surface area contributed by atoms with Crippen LogP contribution in [0, 0.1) is 0 Å². The first-order chi connectivity index (χ1) is 13.2. The summed E-state index contributed by atoms with van der Waals surface area (Å²) < 4.78 is 1.45. The molecule has 0 atom stereocenters. The normalized spacial score (nSPS) is 10.9. The van der Waals surface area contributed by atoms with Crippen LogP contribution >= 0.6 is 23.4 Å². The van der Waals surface area contributed by atoms with Gasteiger partial charge in [-0.15, -0.1) is 0 Å². The van der Waals surface area contributed by atoms with Crippen molar-refractivity contribution in [2.24, 2.45) is 0 Å². The molecule has 0 unspecified atom stereocenters. The van der Waals surface area contributed by atoms with Crippen LogP contribution in [0.2, 0.25) is 5.02 Å². The molecular weight excluding hydrogens is 382 g/mol. The molecule has 2 heterocycles. The highest BCUT2D eigenvalue weighted by Crippen LogP contribution is 2.27. The number of nitrogens with zero attached hydrogens (tertiary/aromatic N) is 5. The van der Waals surface area contributed by atoms with Crippen LogP contribution in [0.4, 0.5) is 10.6 Å². The summed E-state index contributed by atoms with van der Waals surface area (Å²) in [4.78, 5) is 27.0. The van der Waals surface area contributed by atoms with Gasteiger partial charge in [-0.05, 0) is 31.3 Å². The molecule has 0 radical (unpaired) electrons. The van der Waals surface area contributed by atoms with Gasteiger partial charge < -0.3 is 0 Å². The number of thioether (sulfide) groups is 1. The van der Waals surface area contributed by atoms with Crippen molar-refractivity contribution in [1.82, 2.24) is 19.5 Å². The minimum absolute atomic E-state index is 0.199. The molecule has 0 aliphatic heterocycles. The van der Waals surface area contributed by atoms with E-state index in [0.29, 0.717) is 23.8 Å². The number of aromatic nitrogens is 4. The molecule has 2 aromatic rings. The Kier molecular flexibility index (Phi) is 9.62. The minimum Gasteiger partial charge on any atom is -0.276 e. The molecule has 0 aromatic carbocycles. The van der Waals surface area contributed by atoms with Crippen LogP contribution in [0.5, 0.6) is 0 Å². The summed E-state index contributed by atoms with van der Waals surface area (Å²) >= 11 is 8.38. The van der Waals surface area contributed by atoms with Crippen LogP contribution in [0.3, 0.4) is 0 Å². The topological polar surface area (TPSA) is 63.9 Å². The van der Waals surface area contributed by atoms with Crippen molar-refractivity contribution in [2.75, 3.05) is 23.5 Å². The summed E-state index contributed by atoms with van der Waals surface area (Å²) in [5.74, 6) is 1.71. The zero-order chi connectivity index (χ0) is 19.5. The molecule has 6 nitrogen and oxygen atoms in total. The van der Waals surface area contributed by atoms with E-state index in [1.54, 1.807) is 17.3 Å². The first-order valence-electron chi connectivity index (χ1n) is 9.47. The van der Waals surface area contributed by atoms with E-state index in [1.165, 1.54) is 48.7 Å². The first-order valence-corrected chi connectivity index (χ1v) is 11.2. The van der Waals surface area contributed by atoms with Crippen LogP contribution in [0.1, 0.15) is 51.1 Å². The standard InChI is InChI=1S/C19H28ClN5OS/c1-3-16-17(20)18(23-14-22-16)25(19(26)24-12-10-21-15-24)11-8-6-4-5-7-9-13-27-2/h10,12,14-15H,3-9,11,13H2,1-2H3. The molecule has 27 heavy (non-hydrogen) atoms. The maximum absolute atomic E-state index is 12.9. The molecule has 0 spiro atoms. The van der Waals surface area contributed by atoms with Gasteiger partial charge in [-0.2, -0.15) is 11.8 Å². The van der Waals surface area contributed by atoms with E-state index in [2.05, 4.69) is 21.2 Å². The molecule has 0 saturated carbocycles. The molecule has 0 saturated heterocycles. The molecule has 0 fully saturated rings. The van der Waals surface area contributed by atoms with Gasteiger partial charge in [0.25, 0.3) is 0 Å². The van der Waals surface area contributed by atoms with Gasteiger partial charge in [0.2, 0.25) is 0 Å². The Labute approximate surface area is 170 Å². The third-order valence-electron chi connectivity index (χ3n) is 4.37. The number of carbonyl (C=O) groups excluding carboxylic acids is 1. The third kappa shape index (κ3) is 6.50. The molecule has 1 amide bonds. The summed E-state index contributed by atoms with van der Waals surface area (Å²) in [6, 6.07) is -0.199. The monoisotopic (exact) mass is 409 g/mol. The zero-order valence-electron chi connectivity index (χ0n) is 16.1. The highest BCUT2D eigenvalue weighted by Gasteiger charge is 2.22. The predicted octanol–water partition coefficient (Wildman–Crippen LogP) is 5.07. The van der Waals surface area contributed by atoms with E-state index < -0.39 is 0 Å². The second-order valence-corrected chi connectivity index (χ2v) is 7.69. The lowest BCUT2D eigenvalue weighted by molar-refractivity contribution is 0.247. The van der Waals surface area contributed by atoms with E-state index in [1.807, 2.05) is 18.7 Å². The summed E-state index contributed by atoms with van der Waals surface area (Å²) in [5, 5.41) is 0.450. The lowest BCUT2D eigenvalue weighted by atomic mass is 10.1. The zero-order valence-corrected chi connectivity index (χ0v) is 17.7. The average Bonchev–Trinajstić information content (AvgIpc) is 3.22. The van der Waals surface area contributed by atoms with Gasteiger partial charge in [0.05, 0.1) is 5.69 Å². The number of unbranched alkanes of at least 4 members (excludes halogenated alkanes) is 5. The SMILES string of the molecule is CCc1ncnc(N(CCCCCCCCSC)C(=O)n2ccnc2)c1Cl. The largest absolute Gasteiger partial charge is 0.335 e. The van der Waals surface area contributed by atoms with Crippen LogP contribution in [-0.2, 0) is 6.42 Å². The fourth-order valence-electron chi connectivity index (χ4n) is 2.86. The molecule has 0 N–H and O–H groups in total. The number of rotatable bonds is 11. The minimum atomic E-state index is -0.199. The molecule has 0 aliphatic carbocycles. The number of anilines is 1. The number of halogens is 1. The van der Waals surface area contributed by atoms with E-state index in [4.69, 9.17) is 11.6 Å². The van der Waals surface area contributed by atoms with Crippen LogP contribution in [-0.4, -0.2) is 44.1 Å². The van der Waals surface area contributed by atoms with Gasteiger partial charge in [-0.3, -0.25) is 9.47 Å². The Morgan fingerprint density at radius 1 is 1.19 bits per heavy atom. The van der Waals surface area contributed by atoms with Gasteiger partial charge in [0.1, 0.15) is 17.7 Å². The average molecular weight is 410 g/mol. The Balaban J connectivity index is 2.00. The van der Waals surface area contributed by atoms with Gasteiger partial charge in [-0.1, -0.05) is 44.2 Å². The van der Waals surface area contributed by atoms with Crippen LogP contribution < -0.4 is 4.90 Å².